The highest BCUT2D eigenvalue weighted by molar-refractivity contribution is 6.34. The average molecular weight is 288 g/mol. The van der Waals surface area contributed by atoms with E-state index >= 15 is 0 Å². The Morgan fingerprint density at radius 1 is 1.25 bits per heavy atom. The molecule has 0 saturated carbocycles. The summed E-state index contributed by atoms with van der Waals surface area (Å²) < 4.78 is 5.83. The van der Waals surface area contributed by atoms with E-state index in [-0.39, 0.29) is 0 Å². The van der Waals surface area contributed by atoms with Gasteiger partial charge in [-0.2, -0.15) is 0 Å². The number of anilines is 1. The van der Waals surface area contributed by atoms with E-state index in [0.29, 0.717) is 22.1 Å². The summed E-state index contributed by atoms with van der Waals surface area (Å²) in [7, 11) is 0. The fraction of sp³-hybridized carbons (Fsp3) is 0.200. The number of hydrogen-bond donors (Lipinski definition) is 1. The third kappa shape index (κ3) is 2.34. The van der Waals surface area contributed by atoms with Gasteiger partial charge in [0.05, 0.1) is 5.02 Å². The molecular formula is C15H14ClN3O. The first-order chi connectivity index (χ1) is 9.79. The van der Waals surface area contributed by atoms with E-state index in [1.165, 1.54) is 0 Å². The zero-order chi connectivity index (χ0) is 13.9. The summed E-state index contributed by atoms with van der Waals surface area (Å²) in [5.41, 5.74) is 1.38. The van der Waals surface area contributed by atoms with Gasteiger partial charge in [0.15, 0.2) is 17.2 Å². The van der Waals surface area contributed by atoms with Crippen LogP contribution in [0.3, 0.4) is 0 Å². The quantitative estimate of drug-likeness (QED) is 0.774. The van der Waals surface area contributed by atoms with Gasteiger partial charge in [-0.05, 0) is 18.6 Å². The van der Waals surface area contributed by atoms with Crippen molar-refractivity contribution in [3.8, 4) is 11.5 Å². The van der Waals surface area contributed by atoms with Crippen LogP contribution in [0.1, 0.15) is 13.3 Å². The van der Waals surface area contributed by atoms with Gasteiger partial charge in [-0.25, -0.2) is 9.97 Å². The van der Waals surface area contributed by atoms with Crippen molar-refractivity contribution in [2.24, 2.45) is 0 Å². The van der Waals surface area contributed by atoms with Crippen LogP contribution in [-0.4, -0.2) is 16.5 Å². The lowest BCUT2D eigenvalue weighted by Crippen LogP contribution is -2.04. The largest absolute Gasteiger partial charge is 0.453 e. The molecule has 0 aliphatic rings. The Balaban J connectivity index is 2.08. The van der Waals surface area contributed by atoms with Gasteiger partial charge in [-0.1, -0.05) is 30.7 Å². The minimum Gasteiger partial charge on any atom is -0.453 e. The minimum atomic E-state index is 0.598. The zero-order valence-electron chi connectivity index (χ0n) is 11.1. The number of benzene rings is 1. The Morgan fingerprint density at radius 3 is 2.90 bits per heavy atom. The number of aromatic nitrogens is 2. The van der Waals surface area contributed by atoms with Crippen molar-refractivity contribution in [2.45, 2.75) is 13.3 Å². The Bertz CT molecular complexity index is 739. The van der Waals surface area contributed by atoms with Crippen LogP contribution in [0.5, 0.6) is 0 Å². The van der Waals surface area contributed by atoms with E-state index in [2.05, 4.69) is 22.2 Å². The van der Waals surface area contributed by atoms with Gasteiger partial charge in [-0.15, -0.1) is 0 Å². The van der Waals surface area contributed by atoms with Crippen molar-refractivity contribution in [3.63, 3.8) is 0 Å². The third-order valence-electron chi connectivity index (χ3n) is 2.97. The fourth-order valence-corrected chi connectivity index (χ4v) is 2.26. The number of nitrogens with one attached hydrogen (secondary N) is 1. The summed E-state index contributed by atoms with van der Waals surface area (Å²) >= 11 is 6.14. The maximum atomic E-state index is 6.14. The fourth-order valence-electron chi connectivity index (χ4n) is 2.04. The molecule has 0 atom stereocenters. The minimum absolute atomic E-state index is 0.598. The summed E-state index contributed by atoms with van der Waals surface area (Å²) in [6, 6.07) is 7.60. The highest BCUT2D eigenvalue weighted by Gasteiger charge is 2.14. The van der Waals surface area contributed by atoms with Crippen molar-refractivity contribution >= 4 is 28.4 Å². The Kier molecular flexibility index (Phi) is 3.56. The van der Waals surface area contributed by atoms with Crippen LogP contribution < -0.4 is 5.32 Å². The SMILES string of the molecule is CCCNc1nccnc1-c1cc2cccc(Cl)c2o1. The molecule has 3 aromatic rings. The molecule has 0 radical (unpaired) electrons. The summed E-state index contributed by atoms with van der Waals surface area (Å²) in [5.74, 6) is 1.39. The molecule has 0 spiro atoms. The van der Waals surface area contributed by atoms with Gasteiger partial charge < -0.3 is 9.73 Å². The molecule has 2 heterocycles. The summed E-state index contributed by atoms with van der Waals surface area (Å²) in [6.07, 6.45) is 4.33. The molecule has 1 N–H and O–H groups in total. The van der Waals surface area contributed by atoms with Crippen LogP contribution in [0.4, 0.5) is 5.82 Å². The van der Waals surface area contributed by atoms with E-state index < -0.39 is 0 Å². The van der Waals surface area contributed by atoms with E-state index in [0.717, 1.165) is 24.2 Å². The molecule has 2 aromatic heterocycles. The van der Waals surface area contributed by atoms with Crippen LogP contribution in [0.25, 0.3) is 22.4 Å². The maximum Gasteiger partial charge on any atom is 0.157 e. The molecule has 0 fully saturated rings. The molecule has 0 amide bonds. The highest BCUT2D eigenvalue weighted by Crippen LogP contribution is 2.33. The van der Waals surface area contributed by atoms with Crippen LogP contribution >= 0.6 is 11.6 Å². The number of rotatable bonds is 4. The number of nitrogens with zero attached hydrogens (tertiary/aromatic N) is 2. The molecule has 0 aliphatic heterocycles. The lowest BCUT2D eigenvalue weighted by Gasteiger charge is -2.06. The van der Waals surface area contributed by atoms with Gasteiger partial charge in [0.2, 0.25) is 0 Å². The second-order valence-electron chi connectivity index (χ2n) is 4.45. The van der Waals surface area contributed by atoms with Crippen molar-refractivity contribution in [1.82, 2.24) is 9.97 Å². The van der Waals surface area contributed by atoms with Crippen molar-refractivity contribution in [2.75, 3.05) is 11.9 Å². The number of furan rings is 1. The second-order valence-corrected chi connectivity index (χ2v) is 4.86. The smallest absolute Gasteiger partial charge is 0.157 e. The Labute approximate surface area is 121 Å². The number of halogens is 1. The van der Waals surface area contributed by atoms with E-state index in [1.54, 1.807) is 12.4 Å². The normalized spacial score (nSPS) is 10.9. The van der Waals surface area contributed by atoms with E-state index in [1.807, 2.05) is 24.3 Å². The first-order valence-electron chi connectivity index (χ1n) is 6.53. The van der Waals surface area contributed by atoms with E-state index in [4.69, 9.17) is 16.0 Å². The predicted octanol–water partition coefficient (Wildman–Crippen LogP) is 4.37. The van der Waals surface area contributed by atoms with Crippen molar-refractivity contribution in [1.29, 1.82) is 0 Å². The highest BCUT2D eigenvalue weighted by atomic mass is 35.5. The van der Waals surface area contributed by atoms with Crippen LogP contribution in [0.2, 0.25) is 5.02 Å². The molecule has 4 nitrogen and oxygen atoms in total. The lowest BCUT2D eigenvalue weighted by molar-refractivity contribution is 0.628. The summed E-state index contributed by atoms with van der Waals surface area (Å²) in [6.45, 7) is 2.94. The predicted molar refractivity (Wildman–Crippen MR) is 81.0 cm³/mol. The molecule has 0 aliphatic carbocycles. The molecule has 102 valence electrons. The van der Waals surface area contributed by atoms with Crippen LogP contribution in [0.15, 0.2) is 41.1 Å². The molecular weight excluding hydrogens is 274 g/mol. The third-order valence-corrected chi connectivity index (χ3v) is 3.27. The first kappa shape index (κ1) is 12.9. The molecule has 0 saturated heterocycles. The molecule has 5 heteroatoms. The number of fused-ring (bicyclic) bond motifs is 1. The van der Waals surface area contributed by atoms with Gasteiger partial charge >= 0.3 is 0 Å². The van der Waals surface area contributed by atoms with Gasteiger partial charge in [0.25, 0.3) is 0 Å². The molecule has 0 unspecified atom stereocenters. The molecule has 1 aromatic carbocycles. The molecule has 3 rings (SSSR count). The Morgan fingerprint density at radius 2 is 2.10 bits per heavy atom. The standard InChI is InChI=1S/C15H14ClN3O/c1-2-6-18-15-13(17-7-8-19-15)12-9-10-4-3-5-11(16)14(10)20-12/h3-5,7-9H,2,6H2,1H3,(H,18,19). The topological polar surface area (TPSA) is 51.0 Å². The molecule has 0 bridgehead atoms. The van der Waals surface area contributed by atoms with Crippen LogP contribution in [-0.2, 0) is 0 Å². The monoisotopic (exact) mass is 287 g/mol. The average Bonchev–Trinajstić information content (AvgIpc) is 2.91. The van der Waals surface area contributed by atoms with Gasteiger partial charge in [0.1, 0.15) is 5.69 Å². The lowest BCUT2D eigenvalue weighted by atomic mass is 10.2. The number of hydrogen-bond acceptors (Lipinski definition) is 4. The first-order valence-corrected chi connectivity index (χ1v) is 6.90. The van der Waals surface area contributed by atoms with Gasteiger partial charge in [0, 0.05) is 24.3 Å². The summed E-state index contributed by atoms with van der Waals surface area (Å²) in [4.78, 5) is 8.68. The number of para-hydroxylation sites is 1. The van der Waals surface area contributed by atoms with Gasteiger partial charge in [-0.3, -0.25) is 0 Å². The molecule has 20 heavy (non-hydrogen) atoms. The second kappa shape index (κ2) is 5.51. The maximum absolute atomic E-state index is 6.14. The Hall–Kier alpha value is -2.07. The van der Waals surface area contributed by atoms with Crippen molar-refractivity contribution in [3.05, 3.63) is 41.7 Å². The van der Waals surface area contributed by atoms with E-state index in [9.17, 15) is 0 Å². The van der Waals surface area contributed by atoms with Crippen molar-refractivity contribution < 1.29 is 4.42 Å². The van der Waals surface area contributed by atoms with Crippen LogP contribution in [0, 0.1) is 0 Å². The zero-order valence-corrected chi connectivity index (χ0v) is 11.8. The summed E-state index contributed by atoms with van der Waals surface area (Å²) in [5, 5.41) is 4.81.